The lowest BCUT2D eigenvalue weighted by Crippen LogP contribution is -2.34. The second kappa shape index (κ2) is 12.2. The maximum atomic E-state index is 12.9. The summed E-state index contributed by atoms with van der Waals surface area (Å²) in [5, 5.41) is 0. The third kappa shape index (κ3) is 8.34. The molecule has 0 spiro atoms. The van der Waals surface area contributed by atoms with Gasteiger partial charge in [0.25, 0.3) is 0 Å². The number of carbonyl (C=O) groups excluding carboxylic acids is 2. The van der Waals surface area contributed by atoms with E-state index in [0.29, 0.717) is 31.6 Å². The molecular weight excluding hydrogens is 425 g/mol. The van der Waals surface area contributed by atoms with Crippen molar-refractivity contribution in [1.82, 2.24) is 0 Å². The van der Waals surface area contributed by atoms with Gasteiger partial charge in [-0.2, -0.15) is 13.2 Å². The lowest BCUT2D eigenvalue weighted by Gasteiger charge is -2.31. The number of rotatable bonds is 11. The van der Waals surface area contributed by atoms with Crippen molar-refractivity contribution in [3.8, 4) is 0 Å². The van der Waals surface area contributed by atoms with Crippen molar-refractivity contribution in [3.05, 3.63) is 71.8 Å². The summed E-state index contributed by atoms with van der Waals surface area (Å²) >= 11 is 0. The van der Waals surface area contributed by atoms with Crippen molar-refractivity contribution >= 4 is 11.9 Å². The minimum atomic E-state index is -5.13. The Balaban J connectivity index is 2.05. The summed E-state index contributed by atoms with van der Waals surface area (Å²) in [6.07, 6.45) is -6.29. The van der Waals surface area contributed by atoms with Crippen LogP contribution in [0.5, 0.6) is 0 Å². The molecule has 174 valence electrons. The van der Waals surface area contributed by atoms with E-state index in [1.807, 2.05) is 30.3 Å². The number of halogens is 3. The largest absolute Gasteiger partial charge is 0.490 e. The molecule has 3 atom stereocenters. The lowest BCUT2D eigenvalue weighted by molar-refractivity contribution is -0.209. The highest BCUT2D eigenvalue weighted by molar-refractivity contribution is 5.76. The highest BCUT2D eigenvalue weighted by atomic mass is 19.4. The van der Waals surface area contributed by atoms with Gasteiger partial charge in [0, 0.05) is 19.4 Å². The van der Waals surface area contributed by atoms with Crippen LogP contribution in [0.4, 0.5) is 13.2 Å². The van der Waals surface area contributed by atoms with Crippen LogP contribution in [-0.2, 0) is 30.4 Å². The van der Waals surface area contributed by atoms with Gasteiger partial charge in [0.1, 0.15) is 12.2 Å². The Morgan fingerprint density at radius 3 is 2.09 bits per heavy atom. The van der Waals surface area contributed by atoms with Gasteiger partial charge in [0.05, 0.1) is 6.61 Å². The summed E-state index contributed by atoms with van der Waals surface area (Å²) in [5.41, 5.74) is 1.40. The summed E-state index contributed by atoms with van der Waals surface area (Å²) in [7, 11) is 0. The highest BCUT2D eigenvalue weighted by Crippen LogP contribution is 2.34. The minimum absolute atomic E-state index is 0.336. The fourth-order valence-electron chi connectivity index (χ4n) is 3.29. The van der Waals surface area contributed by atoms with Gasteiger partial charge in [-0.3, -0.25) is 4.79 Å². The molecule has 0 aliphatic rings. The quantitative estimate of drug-likeness (QED) is 0.338. The zero-order valence-electron chi connectivity index (χ0n) is 18.0. The molecule has 0 amide bonds. The third-order valence-electron chi connectivity index (χ3n) is 4.86. The SMILES string of the molecule is CC(=O)OC(CCCOCc1ccccc1)C(C)C(OC(=O)C(F)(F)F)c1ccccc1. The van der Waals surface area contributed by atoms with Gasteiger partial charge in [-0.25, -0.2) is 4.79 Å². The number of ether oxygens (including phenoxy) is 3. The Morgan fingerprint density at radius 1 is 0.938 bits per heavy atom. The first kappa shape index (κ1) is 25.4. The number of benzene rings is 2. The monoisotopic (exact) mass is 452 g/mol. The second-order valence-electron chi connectivity index (χ2n) is 7.42. The normalized spacial score (nSPS) is 14.3. The molecule has 0 aliphatic carbocycles. The molecule has 0 aliphatic heterocycles. The van der Waals surface area contributed by atoms with Crippen molar-refractivity contribution in [1.29, 1.82) is 0 Å². The number of carbonyl (C=O) groups is 2. The van der Waals surface area contributed by atoms with E-state index in [9.17, 15) is 22.8 Å². The molecule has 0 saturated carbocycles. The van der Waals surface area contributed by atoms with Crippen LogP contribution in [0.15, 0.2) is 60.7 Å². The van der Waals surface area contributed by atoms with Crippen molar-refractivity contribution < 1.29 is 37.0 Å². The molecule has 0 fully saturated rings. The van der Waals surface area contributed by atoms with Gasteiger partial charge >= 0.3 is 18.1 Å². The second-order valence-corrected chi connectivity index (χ2v) is 7.42. The van der Waals surface area contributed by atoms with Crippen LogP contribution in [-0.4, -0.2) is 30.8 Å². The summed E-state index contributed by atoms with van der Waals surface area (Å²) in [5.74, 6) is -3.58. The molecule has 2 rings (SSSR count). The molecule has 0 heterocycles. The van der Waals surface area contributed by atoms with Crippen LogP contribution < -0.4 is 0 Å². The molecule has 0 saturated heterocycles. The average molecular weight is 452 g/mol. The molecule has 5 nitrogen and oxygen atoms in total. The van der Waals surface area contributed by atoms with Gasteiger partial charge < -0.3 is 14.2 Å². The average Bonchev–Trinajstić information content (AvgIpc) is 2.76. The summed E-state index contributed by atoms with van der Waals surface area (Å²) in [4.78, 5) is 23.2. The maximum Gasteiger partial charge on any atom is 0.490 e. The van der Waals surface area contributed by atoms with E-state index in [1.54, 1.807) is 37.3 Å². The molecule has 2 aromatic carbocycles. The Morgan fingerprint density at radius 2 is 1.53 bits per heavy atom. The molecule has 0 bridgehead atoms. The molecule has 2 aromatic rings. The molecular formula is C24H27F3O5. The van der Waals surface area contributed by atoms with E-state index in [0.717, 1.165) is 5.56 Å². The fraction of sp³-hybridized carbons (Fsp3) is 0.417. The van der Waals surface area contributed by atoms with Crippen LogP contribution >= 0.6 is 0 Å². The van der Waals surface area contributed by atoms with Gasteiger partial charge in [0.2, 0.25) is 0 Å². The standard InChI is InChI=1S/C24H27F3O5/c1-17(22(20-12-7-4-8-13-20)32-23(29)24(25,26)27)21(31-18(2)28)14-9-15-30-16-19-10-5-3-6-11-19/h3-8,10-13,17,21-22H,9,14-16H2,1-2H3. The molecule has 0 N–H and O–H groups in total. The van der Waals surface area contributed by atoms with Crippen LogP contribution in [0.3, 0.4) is 0 Å². The van der Waals surface area contributed by atoms with E-state index in [-0.39, 0.29) is 0 Å². The Bertz CT molecular complexity index is 840. The first-order valence-corrected chi connectivity index (χ1v) is 10.3. The first-order valence-electron chi connectivity index (χ1n) is 10.3. The summed E-state index contributed by atoms with van der Waals surface area (Å²) < 4.78 is 54.4. The predicted octanol–water partition coefficient (Wildman–Crippen LogP) is 5.40. The minimum Gasteiger partial charge on any atom is -0.462 e. The Hall–Kier alpha value is -2.87. The Labute approximate surface area is 185 Å². The van der Waals surface area contributed by atoms with Crippen LogP contribution in [0.25, 0.3) is 0 Å². The topological polar surface area (TPSA) is 61.8 Å². The first-order chi connectivity index (χ1) is 15.2. The van der Waals surface area contributed by atoms with E-state index >= 15 is 0 Å². The van der Waals surface area contributed by atoms with Gasteiger partial charge in [0.15, 0.2) is 0 Å². The maximum absolute atomic E-state index is 12.9. The van der Waals surface area contributed by atoms with Crippen LogP contribution in [0.2, 0.25) is 0 Å². The van der Waals surface area contributed by atoms with E-state index < -0.39 is 36.2 Å². The van der Waals surface area contributed by atoms with Crippen molar-refractivity contribution in [2.75, 3.05) is 6.61 Å². The Kier molecular flexibility index (Phi) is 9.71. The van der Waals surface area contributed by atoms with E-state index in [4.69, 9.17) is 14.2 Å². The molecule has 32 heavy (non-hydrogen) atoms. The third-order valence-corrected chi connectivity index (χ3v) is 4.86. The number of esters is 2. The van der Waals surface area contributed by atoms with Gasteiger partial charge in [-0.15, -0.1) is 0 Å². The molecule has 8 heteroatoms. The zero-order valence-corrected chi connectivity index (χ0v) is 18.0. The molecule has 0 aromatic heterocycles. The van der Waals surface area contributed by atoms with Crippen molar-refractivity contribution in [2.24, 2.45) is 5.92 Å². The predicted molar refractivity (Wildman–Crippen MR) is 111 cm³/mol. The summed E-state index contributed by atoms with van der Waals surface area (Å²) in [6.45, 7) is 3.62. The molecule has 0 radical (unpaired) electrons. The summed E-state index contributed by atoms with van der Waals surface area (Å²) in [6, 6.07) is 17.7. The van der Waals surface area contributed by atoms with E-state index in [1.165, 1.54) is 6.92 Å². The fourth-order valence-corrected chi connectivity index (χ4v) is 3.29. The van der Waals surface area contributed by atoms with Gasteiger partial charge in [-0.1, -0.05) is 67.6 Å². The van der Waals surface area contributed by atoms with Crippen LogP contribution in [0, 0.1) is 5.92 Å². The van der Waals surface area contributed by atoms with Crippen molar-refractivity contribution in [2.45, 2.75) is 51.7 Å². The number of hydrogen-bond acceptors (Lipinski definition) is 5. The number of alkyl halides is 3. The highest BCUT2D eigenvalue weighted by Gasteiger charge is 2.44. The van der Waals surface area contributed by atoms with Gasteiger partial charge in [-0.05, 0) is 24.0 Å². The van der Waals surface area contributed by atoms with Crippen molar-refractivity contribution in [3.63, 3.8) is 0 Å². The molecule has 3 unspecified atom stereocenters. The lowest BCUT2D eigenvalue weighted by atomic mass is 9.90. The zero-order chi connectivity index (χ0) is 23.6. The number of hydrogen-bond donors (Lipinski definition) is 0. The van der Waals surface area contributed by atoms with E-state index in [2.05, 4.69) is 0 Å². The van der Waals surface area contributed by atoms with Crippen LogP contribution in [0.1, 0.15) is 43.9 Å². The smallest absolute Gasteiger partial charge is 0.462 e.